The van der Waals surface area contributed by atoms with E-state index >= 15 is 0 Å². The van der Waals surface area contributed by atoms with Crippen LogP contribution in [0.2, 0.25) is 0 Å². The molecule has 0 atom stereocenters. The number of rotatable bonds is 6. The predicted octanol–water partition coefficient (Wildman–Crippen LogP) is 6.02. The average Bonchev–Trinajstić information content (AvgIpc) is 3.41. The summed E-state index contributed by atoms with van der Waals surface area (Å²) in [7, 11) is 1.66. The highest BCUT2D eigenvalue weighted by atomic mass is 19.1. The summed E-state index contributed by atoms with van der Waals surface area (Å²) in [6, 6.07) is 10.5. The first-order valence-corrected chi connectivity index (χ1v) is 11.8. The first-order valence-electron chi connectivity index (χ1n) is 11.8. The van der Waals surface area contributed by atoms with Crippen molar-refractivity contribution < 1.29 is 23.4 Å². The fourth-order valence-electron chi connectivity index (χ4n) is 5.69. The minimum absolute atomic E-state index is 0.0334. The molecule has 0 spiro atoms. The van der Waals surface area contributed by atoms with Gasteiger partial charge in [0.05, 0.1) is 23.8 Å². The molecule has 2 aromatic heterocycles. The number of nitrogens with zero attached hydrogens (tertiary/aromatic N) is 2. The van der Waals surface area contributed by atoms with Crippen molar-refractivity contribution in [2.45, 2.75) is 56.5 Å². The molecule has 1 aliphatic carbocycles. The maximum atomic E-state index is 15.0. The van der Waals surface area contributed by atoms with Gasteiger partial charge in [0.15, 0.2) is 0 Å². The second-order valence-corrected chi connectivity index (χ2v) is 10.3. The lowest BCUT2D eigenvalue weighted by molar-refractivity contribution is -0.153. The third kappa shape index (κ3) is 3.89. The molecule has 1 saturated carbocycles. The zero-order valence-corrected chi connectivity index (χ0v) is 20.1. The molecule has 0 aliphatic heterocycles. The molecule has 2 heterocycles. The Morgan fingerprint density at radius 1 is 1.26 bits per heavy atom. The number of alkyl halides is 1. The average molecular weight is 482 g/mol. The molecule has 1 fully saturated rings. The molecule has 0 unspecified atom stereocenters. The number of aromatic amines is 1. The monoisotopic (exact) mass is 481 g/mol. The van der Waals surface area contributed by atoms with Gasteiger partial charge in [0.1, 0.15) is 5.82 Å². The molecular weight excluding hydrogens is 452 g/mol. The van der Waals surface area contributed by atoms with E-state index < -0.39 is 17.1 Å². The topological polar surface area (TPSA) is 80.1 Å². The number of carbonyl (C=O) groups is 1. The van der Waals surface area contributed by atoms with Crippen LogP contribution >= 0.6 is 0 Å². The number of nitrogens with one attached hydrogen (secondary N) is 1. The number of hydrogen-bond acceptors (Lipinski definition) is 3. The summed E-state index contributed by atoms with van der Waals surface area (Å²) in [5.74, 6) is -1.74. The van der Waals surface area contributed by atoms with E-state index in [2.05, 4.69) is 40.7 Å². The lowest BCUT2D eigenvalue weighted by atomic mass is 9.73. The number of hydrogen-bond donors (Lipinski definition) is 2. The van der Waals surface area contributed by atoms with Crippen LogP contribution < -0.4 is 0 Å². The number of aromatic nitrogens is 3. The molecule has 0 bridgehead atoms. The van der Waals surface area contributed by atoms with E-state index in [-0.39, 0.29) is 24.6 Å². The number of fused-ring (bicyclic) bond motifs is 2. The molecule has 1 aliphatic rings. The van der Waals surface area contributed by atoms with Crippen molar-refractivity contribution in [3.8, 4) is 5.69 Å². The quantitative estimate of drug-likeness (QED) is 0.353. The Labute approximate surface area is 201 Å². The number of carboxylic acids is 1. The van der Waals surface area contributed by atoms with Gasteiger partial charge in [-0.3, -0.25) is 5.10 Å². The third-order valence-electron chi connectivity index (χ3n) is 7.37. The standard InChI is InChI=1S/C27H29F2N3O3/c1-26(2,15-35-3)24-23(16-8-10-27(29,11-9-16)25(33)34)20-13-21-17(14-30-31-21)12-22(20)32(24)19-6-4-18(28)5-7-19/h4-7,12-14,16H,8-11,15H2,1-3H3,(H,30,31)(H,33,34)/t16-,27+. The van der Waals surface area contributed by atoms with E-state index in [1.54, 1.807) is 25.4 Å². The second-order valence-electron chi connectivity index (χ2n) is 10.3. The first-order chi connectivity index (χ1) is 16.6. The molecule has 2 N–H and O–H groups in total. The van der Waals surface area contributed by atoms with E-state index in [9.17, 15) is 18.7 Å². The molecule has 4 aromatic rings. The van der Waals surface area contributed by atoms with E-state index in [1.807, 2.05) is 0 Å². The van der Waals surface area contributed by atoms with Gasteiger partial charge in [-0.05, 0) is 73.6 Å². The van der Waals surface area contributed by atoms with Gasteiger partial charge in [-0.25, -0.2) is 13.6 Å². The Balaban J connectivity index is 1.80. The Hall–Kier alpha value is -3.26. The molecule has 5 rings (SSSR count). The van der Waals surface area contributed by atoms with E-state index in [0.717, 1.165) is 38.8 Å². The Bertz CT molecular complexity index is 1400. The highest BCUT2D eigenvalue weighted by Crippen LogP contribution is 2.48. The highest BCUT2D eigenvalue weighted by molar-refractivity contribution is 5.99. The van der Waals surface area contributed by atoms with Crippen molar-refractivity contribution in [2.24, 2.45) is 0 Å². The SMILES string of the molecule is COCC(C)(C)c1c([C@H]2CC[C@](F)(C(=O)O)CC2)c2cc3[nH]ncc3cc2n1-c1ccc(F)cc1. The van der Waals surface area contributed by atoms with Crippen molar-refractivity contribution in [3.05, 3.63) is 59.7 Å². The highest BCUT2D eigenvalue weighted by Gasteiger charge is 2.44. The maximum Gasteiger partial charge on any atom is 0.341 e. The van der Waals surface area contributed by atoms with Gasteiger partial charge < -0.3 is 14.4 Å². The largest absolute Gasteiger partial charge is 0.479 e. The van der Waals surface area contributed by atoms with E-state index in [0.29, 0.717) is 19.4 Å². The minimum Gasteiger partial charge on any atom is -0.479 e. The van der Waals surface area contributed by atoms with Crippen molar-refractivity contribution in [1.82, 2.24) is 14.8 Å². The molecule has 2 aromatic carbocycles. The van der Waals surface area contributed by atoms with Crippen molar-refractivity contribution in [2.75, 3.05) is 13.7 Å². The van der Waals surface area contributed by atoms with Crippen LogP contribution in [0.15, 0.2) is 42.6 Å². The number of aliphatic carboxylic acids is 1. The minimum atomic E-state index is -2.19. The summed E-state index contributed by atoms with van der Waals surface area (Å²) in [5.41, 5.74) is 2.07. The Morgan fingerprint density at radius 2 is 1.94 bits per heavy atom. The summed E-state index contributed by atoms with van der Waals surface area (Å²) in [6.07, 6.45) is 2.53. The van der Waals surface area contributed by atoms with Gasteiger partial charge in [0.25, 0.3) is 0 Å². The van der Waals surface area contributed by atoms with Crippen LogP contribution in [0.5, 0.6) is 0 Å². The summed E-state index contributed by atoms with van der Waals surface area (Å²) in [4.78, 5) is 11.5. The summed E-state index contributed by atoms with van der Waals surface area (Å²) >= 11 is 0. The molecule has 8 heteroatoms. The summed E-state index contributed by atoms with van der Waals surface area (Å²) in [5, 5.41) is 18.6. The molecular formula is C27H29F2N3O3. The number of carboxylic acid groups (broad SMARTS) is 1. The van der Waals surface area contributed by atoms with Crippen LogP contribution in [0, 0.1) is 5.82 Å². The van der Waals surface area contributed by atoms with Gasteiger partial charge >= 0.3 is 5.97 Å². The maximum absolute atomic E-state index is 15.0. The smallest absolute Gasteiger partial charge is 0.341 e. The molecule has 184 valence electrons. The third-order valence-corrected chi connectivity index (χ3v) is 7.37. The fraction of sp³-hybridized carbons (Fsp3) is 0.407. The number of methoxy groups -OCH3 is 1. The Kier molecular flexibility index (Phi) is 5.67. The van der Waals surface area contributed by atoms with Crippen LogP contribution in [-0.4, -0.2) is 45.2 Å². The Morgan fingerprint density at radius 3 is 2.57 bits per heavy atom. The molecule has 0 saturated heterocycles. The van der Waals surface area contributed by atoms with Crippen LogP contribution in [0.4, 0.5) is 8.78 Å². The first kappa shape index (κ1) is 23.5. The van der Waals surface area contributed by atoms with Gasteiger partial charge in [-0.1, -0.05) is 13.8 Å². The zero-order valence-electron chi connectivity index (χ0n) is 20.1. The summed E-state index contributed by atoms with van der Waals surface area (Å²) in [6.45, 7) is 4.63. The van der Waals surface area contributed by atoms with Crippen LogP contribution in [0.1, 0.15) is 56.7 Å². The zero-order chi connectivity index (χ0) is 25.0. The van der Waals surface area contributed by atoms with Gasteiger partial charge in [-0.15, -0.1) is 0 Å². The van der Waals surface area contributed by atoms with Gasteiger partial charge in [0, 0.05) is 34.7 Å². The molecule has 0 amide bonds. The van der Waals surface area contributed by atoms with E-state index in [4.69, 9.17) is 4.74 Å². The van der Waals surface area contributed by atoms with Gasteiger partial charge in [-0.2, -0.15) is 5.10 Å². The number of benzene rings is 2. The number of H-pyrrole nitrogens is 1. The molecule has 0 radical (unpaired) electrons. The lowest BCUT2D eigenvalue weighted by Gasteiger charge is -2.34. The normalized spacial score (nSPS) is 21.1. The second kappa shape index (κ2) is 8.45. The predicted molar refractivity (Wildman–Crippen MR) is 130 cm³/mol. The van der Waals surface area contributed by atoms with Crippen molar-refractivity contribution in [1.29, 1.82) is 0 Å². The molecule has 35 heavy (non-hydrogen) atoms. The van der Waals surface area contributed by atoms with Crippen LogP contribution in [0.3, 0.4) is 0 Å². The summed E-state index contributed by atoms with van der Waals surface area (Å²) < 4.78 is 36.6. The number of halogens is 2. The van der Waals surface area contributed by atoms with E-state index in [1.165, 1.54) is 12.1 Å². The van der Waals surface area contributed by atoms with Gasteiger partial charge in [0.2, 0.25) is 5.67 Å². The van der Waals surface area contributed by atoms with Crippen molar-refractivity contribution >= 4 is 27.8 Å². The lowest BCUT2D eigenvalue weighted by Crippen LogP contribution is -2.38. The van der Waals surface area contributed by atoms with Crippen molar-refractivity contribution in [3.63, 3.8) is 0 Å². The fourth-order valence-corrected chi connectivity index (χ4v) is 5.69. The molecule has 6 nitrogen and oxygen atoms in total. The van der Waals surface area contributed by atoms with Crippen LogP contribution in [0.25, 0.3) is 27.5 Å². The van der Waals surface area contributed by atoms with Crippen LogP contribution in [-0.2, 0) is 14.9 Å². The number of ether oxygens (including phenoxy) is 1.